The predicted octanol–water partition coefficient (Wildman–Crippen LogP) is 3.82. The van der Waals surface area contributed by atoms with Gasteiger partial charge in [-0.05, 0) is 57.2 Å². The van der Waals surface area contributed by atoms with Crippen molar-refractivity contribution in [3.63, 3.8) is 0 Å². The molecule has 0 radical (unpaired) electrons. The summed E-state index contributed by atoms with van der Waals surface area (Å²) in [5, 5.41) is 2.67. The predicted molar refractivity (Wildman–Crippen MR) is 97.1 cm³/mol. The van der Waals surface area contributed by atoms with Crippen LogP contribution in [0.15, 0.2) is 54.6 Å². The van der Waals surface area contributed by atoms with E-state index in [1.807, 2.05) is 6.07 Å². The molecule has 1 saturated heterocycles. The van der Waals surface area contributed by atoms with Crippen LogP contribution in [0, 0.1) is 5.92 Å². The first-order valence-electron chi connectivity index (χ1n) is 8.48. The summed E-state index contributed by atoms with van der Waals surface area (Å²) in [4.78, 5) is 26.9. The van der Waals surface area contributed by atoms with Crippen LogP contribution in [0.25, 0.3) is 0 Å². The van der Waals surface area contributed by atoms with Gasteiger partial charge in [0.05, 0.1) is 0 Å². The summed E-state index contributed by atoms with van der Waals surface area (Å²) >= 11 is 0. The number of anilines is 1. The lowest BCUT2D eigenvalue weighted by Gasteiger charge is -2.28. The third-order valence-corrected chi connectivity index (χ3v) is 4.44. The lowest BCUT2D eigenvalue weighted by atomic mass is 9.89. The molecule has 1 aliphatic rings. The Bertz CT molecular complexity index is 738. The highest BCUT2D eigenvalue weighted by Crippen LogP contribution is 2.22. The second-order valence-electron chi connectivity index (χ2n) is 6.35. The van der Waals surface area contributed by atoms with Crippen LogP contribution in [-0.4, -0.2) is 36.9 Å². The highest BCUT2D eigenvalue weighted by atomic mass is 16.6. The van der Waals surface area contributed by atoms with Crippen LogP contribution in [0.2, 0.25) is 0 Å². The number of Topliss-reactive ketones (excluding diaryl/α,β-unsaturated/α-hetero) is 1. The van der Waals surface area contributed by atoms with E-state index in [1.165, 1.54) is 0 Å². The largest absolute Gasteiger partial charge is 0.417 e. The molecule has 0 saturated carbocycles. The summed E-state index contributed by atoms with van der Waals surface area (Å²) in [6.45, 7) is 1.88. The number of benzene rings is 2. The minimum atomic E-state index is -0.574. The highest BCUT2D eigenvalue weighted by Gasteiger charge is 2.24. The monoisotopic (exact) mass is 338 g/mol. The SMILES string of the molecule is CN1CCC(C(=O)c2cccc(NC(=O)Oc3ccccc3)c2)CC1. The summed E-state index contributed by atoms with van der Waals surface area (Å²) in [5.74, 6) is 0.675. The Kier molecular flexibility index (Phi) is 5.46. The molecular weight excluding hydrogens is 316 g/mol. The van der Waals surface area contributed by atoms with Crippen molar-refractivity contribution in [2.24, 2.45) is 5.92 Å². The van der Waals surface area contributed by atoms with Crippen LogP contribution in [0.3, 0.4) is 0 Å². The Morgan fingerprint density at radius 1 is 1.04 bits per heavy atom. The van der Waals surface area contributed by atoms with Gasteiger partial charge in [0.1, 0.15) is 5.75 Å². The smallest absolute Gasteiger partial charge is 0.410 e. The fourth-order valence-corrected chi connectivity index (χ4v) is 3.00. The lowest BCUT2D eigenvalue weighted by molar-refractivity contribution is 0.0857. The number of piperidine rings is 1. The fraction of sp³-hybridized carbons (Fsp3) is 0.300. The number of nitrogens with zero attached hydrogens (tertiary/aromatic N) is 1. The molecule has 1 N–H and O–H groups in total. The molecule has 2 aromatic carbocycles. The number of rotatable bonds is 4. The summed E-state index contributed by atoms with van der Waals surface area (Å²) in [5.41, 5.74) is 1.19. The molecule has 0 spiro atoms. The van der Waals surface area contributed by atoms with Crippen LogP contribution in [-0.2, 0) is 0 Å². The van der Waals surface area contributed by atoms with Crippen molar-refractivity contribution in [3.05, 3.63) is 60.2 Å². The molecule has 0 bridgehead atoms. The standard InChI is InChI=1S/C20H22N2O3/c1-22-12-10-15(11-13-22)19(23)16-6-5-7-17(14-16)21-20(24)25-18-8-3-2-4-9-18/h2-9,14-15H,10-13H2,1H3,(H,21,24). The van der Waals surface area contributed by atoms with Gasteiger partial charge in [-0.1, -0.05) is 30.3 Å². The van der Waals surface area contributed by atoms with Crippen molar-refractivity contribution in [1.29, 1.82) is 0 Å². The highest BCUT2D eigenvalue weighted by molar-refractivity contribution is 5.99. The van der Waals surface area contributed by atoms with Crippen molar-refractivity contribution in [2.45, 2.75) is 12.8 Å². The maximum absolute atomic E-state index is 12.7. The van der Waals surface area contributed by atoms with Gasteiger partial charge in [0.25, 0.3) is 0 Å². The summed E-state index contributed by atoms with van der Waals surface area (Å²) in [6, 6.07) is 15.9. The maximum Gasteiger partial charge on any atom is 0.417 e. The first-order valence-corrected chi connectivity index (χ1v) is 8.48. The third-order valence-electron chi connectivity index (χ3n) is 4.44. The van der Waals surface area contributed by atoms with Crippen molar-refractivity contribution in [1.82, 2.24) is 4.90 Å². The van der Waals surface area contributed by atoms with Crippen molar-refractivity contribution in [2.75, 3.05) is 25.5 Å². The van der Waals surface area contributed by atoms with Gasteiger partial charge >= 0.3 is 6.09 Å². The Labute approximate surface area is 147 Å². The Hall–Kier alpha value is -2.66. The molecule has 5 nitrogen and oxygen atoms in total. The topological polar surface area (TPSA) is 58.6 Å². The van der Waals surface area contributed by atoms with Crippen LogP contribution in [0.4, 0.5) is 10.5 Å². The molecule has 5 heteroatoms. The number of nitrogens with one attached hydrogen (secondary N) is 1. The number of hydrogen-bond donors (Lipinski definition) is 1. The number of likely N-dealkylation sites (tertiary alicyclic amines) is 1. The van der Waals surface area contributed by atoms with E-state index in [0.717, 1.165) is 25.9 Å². The Balaban J connectivity index is 1.63. The molecule has 2 aromatic rings. The molecule has 0 atom stereocenters. The van der Waals surface area contributed by atoms with Crippen LogP contribution >= 0.6 is 0 Å². The molecule has 0 aromatic heterocycles. The maximum atomic E-state index is 12.7. The van der Waals surface area contributed by atoms with Gasteiger partial charge in [0, 0.05) is 17.2 Å². The van der Waals surface area contributed by atoms with Crippen LogP contribution < -0.4 is 10.1 Å². The van der Waals surface area contributed by atoms with E-state index in [4.69, 9.17) is 4.74 Å². The van der Waals surface area contributed by atoms with E-state index in [1.54, 1.807) is 48.5 Å². The molecule has 1 heterocycles. The van der Waals surface area contributed by atoms with Gasteiger partial charge < -0.3 is 9.64 Å². The lowest BCUT2D eigenvalue weighted by Crippen LogP contribution is -2.33. The first-order chi connectivity index (χ1) is 12.1. The molecule has 0 unspecified atom stereocenters. The van der Waals surface area contributed by atoms with Gasteiger partial charge in [-0.15, -0.1) is 0 Å². The number of hydrogen-bond acceptors (Lipinski definition) is 4. The van der Waals surface area contributed by atoms with Gasteiger partial charge in [-0.3, -0.25) is 10.1 Å². The number of ether oxygens (including phenoxy) is 1. The molecule has 3 rings (SSSR count). The zero-order valence-electron chi connectivity index (χ0n) is 14.3. The zero-order valence-corrected chi connectivity index (χ0v) is 14.3. The fourth-order valence-electron chi connectivity index (χ4n) is 3.00. The van der Waals surface area contributed by atoms with Crippen molar-refractivity contribution in [3.8, 4) is 5.75 Å². The summed E-state index contributed by atoms with van der Waals surface area (Å²) < 4.78 is 5.21. The summed E-state index contributed by atoms with van der Waals surface area (Å²) in [6.07, 6.45) is 1.18. The molecule has 1 amide bonds. The molecule has 0 aliphatic carbocycles. The number of carbonyl (C=O) groups excluding carboxylic acids is 2. The molecular formula is C20H22N2O3. The Morgan fingerprint density at radius 2 is 1.76 bits per heavy atom. The molecule has 25 heavy (non-hydrogen) atoms. The normalized spacial score (nSPS) is 15.6. The van der Waals surface area contributed by atoms with Crippen molar-refractivity contribution >= 4 is 17.6 Å². The second-order valence-corrected chi connectivity index (χ2v) is 6.35. The van der Waals surface area contributed by atoms with E-state index < -0.39 is 6.09 Å². The van der Waals surface area contributed by atoms with Crippen molar-refractivity contribution < 1.29 is 14.3 Å². The van der Waals surface area contributed by atoms with Gasteiger partial charge in [-0.25, -0.2) is 4.79 Å². The number of para-hydroxylation sites is 1. The third kappa shape index (κ3) is 4.67. The molecule has 1 fully saturated rings. The Morgan fingerprint density at radius 3 is 2.48 bits per heavy atom. The van der Waals surface area contributed by atoms with Gasteiger partial charge in [0.15, 0.2) is 5.78 Å². The quantitative estimate of drug-likeness (QED) is 0.861. The number of carbonyl (C=O) groups is 2. The van der Waals surface area contributed by atoms with E-state index in [0.29, 0.717) is 17.0 Å². The second kappa shape index (κ2) is 7.94. The minimum absolute atomic E-state index is 0.0581. The minimum Gasteiger partial charge on any atom is -0.410 e. The molecule has 130 valence electrons. The van der Waals surface area contributed by atoms with Crippen LogP contribution in [0.5, 0.6) is 5.75 Å². The zero-order chi connectivity index (χ0) is 17.6. The van der Waals surface area contributed by atoms with Gasteiger partial charge in [0.2, 0.25) is 0 Å². The van der Waals surface area contributed by atoms with Gasteiger partial charge in [-0.2, -0.15) is 0 Å². The average molecular weight is 338 g/mol. The average Bonchev–Trinajstić information content (AvgIpc) is 2.63. The summed E-state index contributed by atoms with van der Waals surface area (Å²) in [7, 11) is 2.07. The van der Waals surface area contributed by atoms with Crippen LogP contribution in [0.1, 0.15) is 23.2 Å². The first kappa shape index (κ1) is 17.2. The van der Waals surface area contributed by atoms with E-state index >= 15 is 0 Å². The number of ketones is 1. The van der Waals surface area contributed by atoms with E-state index in [9.17, 15) is 9.59 Å². The number of amides is 1. The van der Waals surface area contributed by atoms with E-state index in [-0.39, 0.29) is 11.7 Å². The van der Waals surface area contributed by atoms with E-state index in [2.05, 4.69) is 17.3 Å². The molecule has 1 aliphatic heterocycles.